The van der Waals surface area contributed by atoms with Gasteiger partial charge in [0.2, 0.25) is 0 Å². The Morgan fingerprint density at radius 3 is 1.69 bits per heavy atom. The smallest absolute Gasteiger partial charge is 0.269 e. The third kappa shape index (κ3) is 11.3. The van der Waals surface area contributed by atoms with Crippen molar-refractivity contribution in [1.29, 1.82) is 0 Å². The minimum Gasteiger partial charge on any atom is -0.395 e. The Kier molecular flexibility index (Phi) is 13.2. The van der Waals surface area contributed by atoms with Crippen molar-refractivity contribution in [2.75, 3.05) is 45.3 Å². The van der Waals surface area contributed by atoms with Gasteiger partial charge >= 0.3 is 0 Å². The molecule has 0 heterocycles. The maximum atomic E-state index is 12.1. The summed E-state index contributed by atoms with van der Waals surface area (Å²) < 4.78 is 12.1. The summed E-state index contributed by atoms with van der Waals surface area (Å²) in [7, 11) is 3.62. The van der Waals surface area contributed by atoms with Crippen LogP contribution in [-0.4, -0.2) is 60.5 Å². The normalized spacial score (nSPS) is 9.41. The van der Waals surface area contributed by atoms with Crippen LogP contribution in [0, 0.1) is 26.0 Å². The Bertz CT molecular complexity index is 726. The maximum Gasteiger partial charge on any atom is 0.269 e. The Labute approximate surface area is 167 Å². The minimum atomic E-state index is -0.570. The molecular weight excluding hydrogens is 387 g/mol. The lowest BCUT2D eigenvalue weighted by atomic mass is 10.2. The fraction of sp³-hybridized carbons (Fsp3) is 0.333. The van der Waals surface area contributed by atoms with E-state index >= 15 is 0 Å². The first-order valence-electron chi connectivity index (χ1n) is 8.48. The van der Waals surface area contributed by atoms with E-state index in [1.54, 1.807) is 19.2 Å². The molecule has 11 heteroatoms. The number of nitrogens with one attached hydrogen (secondary N) is 1. The van der Waals surface area contributed by atoms with Crippen molar-refractivity contribution >= 4 is 17.1 Å². The molecule has 0 aliphatic heterocycles. The highest BCUT2D eigenvalue weighted by molar-refractivity contribution is 5.50. The van der Waals surface area contributed by atoms with Crippen molar-refractivity contribution in [2.45, 2.75) is 0 Å². The summed E-state index contributed by atoms with van der Waals surface area (Å²) >= 11 is 0. The number of anilines is 1. The Morgan fingerprint density at radius 1 is 0.931 bits per heavy atom. The van der Waals surface area contributed by atoms with Crippen LogP contribution in [0.4, 0.5) is 21.5 Å². The second kappa shape index (κ2) is 14.9. The number of nitro benzene ring substituents is 2. The summed E-state index contributed by atoms with van der Waals surface area (Å²) in [5, 5.41) is 39.8. The van der Waals surface area contributed by atoms with Gasteiger partial charge < -0.3 is 20.4 Å². The minimum absolute atomic E-state index is 0.0630. The fourth-order valence-corrected chi connectivity index (χ4v) is 1.78. The highest BCUT2D eigenvalue weighted by atomic mass is 19.1. The Balaban J connectivity index is 0.000000455. The van der Waals surface area contributed by atoms with Gasteiger partial charge in [0.15, 0.2) is 0 Å². The molecule has 10 nitrogen and oxygen atoms in total. The monoisotopic (exact) mass is 412 g/mol. The van der Waals surface area contributed by atoms with Crippen molar-refractivity contribution in [3.63, 3.8) is 0 Å². The molecule has 160 valence electrons. The number of rotatable bonds is 7. The molecule has 3 N–H and O–H groups in total. The molecule has 29 heavy (non-hydrogen) atoms. The van der Waals surface area contributed by atoms with Crippen LogP contribution in [0.15, 0.2) is 48.5 Å². The largest absolute Gasteiger partial charge is 0.395 e. The van der Waals surface area contributed by atoms with Gasteiger partial charge in [0.25, 0.3) is 11.4 Å². The summed E-state index contributed by atoms with van der Waals surface area (Å²) in [6.45, 7) is 1.50. The molecule has 0 aliphatic rings. The number of likely N-dealkylation sites (N-methyl/N-ethyl adjacent to an activating group) is 2. The summed E-state index contributed by atoms with van der Waals surface area (Å²) in [5.74, 6) is -0.467. The predicted molar refractivity (Wildman–Crippen MR) is 108 cm³/mol. The average Bonchev–Trinajstić information content (AvgIpc) is 2.70. The van der Waals surface area contributed by atoms with Gasteiger partial charge in [-0.1, -0.05) is 0 Å². The fourth-order valence-electron chi connectivity index (χ4n) is 1.78. The van der Waals surface area contributed by atoms with E-state index in [1.807, 2.05) is 11.9 Å². The van der Waals surface area contributed by atoms with E-state index in [0.717, 1.165) is 30.0 Å². The van der Waals surface area contributed by atoms with Crippen LogP contribution < -0.4 is 10.2 Å². The lowest BCUT2D eigenvalue weighted by Crippen LogP contribution is -2.20. The zero-order chi connectivity index (χ0) is 22.2. The van der Waals surface area contributed by atoms with Gasteiger partial charge in [-0.2, -0.15) is 0 Å². The van der Waals surface area contributed by atoms with Crippen LogP contribution in [0.5, 0.6) is 0 Å². The topological polar surface area (TPSA) is 142 Å². The lowest BCUT2D eigenvalue weighted by Gasteiger charge is -2.17. The molecule has 0 aliphatic carbocycles. The van der Waals surface area contributed by atoms with Gasteiger partial charge in [-0.05, 0) is 31.3 Å². The third-order valence-electron chi connectivity index (χ3n) is 3.34. The van der Waals surface area contributed by atoms with Gasteiger partial charge in [-0.15, -0.1) is 0 Å². The number of hydrogen-bond donors (Lipinski definition) is 3. The number of nitrogens with zero attached hydrogens (tertiary/aromatic N) is 3. The maximum absolute atomic E-state index is 12.1. The number of nitro groups is 2. The first kappa shape index (κ1) is 25.9. The lowest BCUT2D eigenvalue weighted by molar-refractivity contribution is -0.385. The summed E-state index contributed by atoms with van der Waals surface area (Å²) in [5.41, 5.74) is 0.831. The van der Waals surface area contributed by atoms with Crippen molar-refractivity contribution in [3.8, 4) is 0 Å². The molecule has 0 radical (unpaired) electrons. The van der Waals surface area contributed by atoms with E-state index in [0.29, 0.717) is 13.1 Å². The van der Waals surface area contributed by atoms with Crippen LogP contribution in [0.1, 0.15) is 0 Å². The van der Waals surface area contributed by atoms with Gasteiger partial charge in [-0.25, -0.2) is 4.39 Å². The second-order valence-electron chi connectivity index (χ2n) is 5.48. The average molecular weight is 412 g/mol. The van der Waals surface area contributed by atoms with Crippen molar-refractivity contribution in [3.05, 3.63) is 74.6 Å². The molecular formula is C18H25FN4O6. The van der Waals surface area contributed by atoms with Crippen LogP contribution in [0.25, 0.3) is 0 Å². The molecule has 0 amide bonds. The first-order chi connectivity index (χ1) is 13.8. The number of benzene rings is 2. The molecule has 0 bridgehead atoms. The molecule has 0 aromatic heterocycles. The Hall–Kier alpha value is -3.15. The molecule has 2 aromatic rings. The highest BCUT2D eigenvalue weighted by Crippen LogP contribution is 2.17. The van der Waals surface area contributed by atoms with E-state index < -0.39 is 15.7 Å². The van der Waals surface area contributed by atoms with Crippen molar-refractivity contribution in [2.24, 2.45) is 0 Å². The summed E-state index contributed by atoms with van der Waals surface area (Å²) in [4.78, 5) is 21.2. The van der Waals surface area contributed by atoms with Gasteiger partial charge in [-0.3, -0.25) is 20.2 Å². The number of aliphatic hydroxyl groups is 2. The van der Waals surface area contributed by atoms with E-state index in [1.165, 1.54) is 12.1 Å². The molecule has 0 fully saturated rings. The van der Waals surface area contributed by atoms with E-state index in [-0.39, 0.29) is 24.6 Å². The SMILES string of the molecule is CN(CCO)c1ccc([N+](=O)[O-])cc1.CNCCO.O=[N+]([O-])c1ccc(F)cc1. The zero-order valence-electron chi connectivity index (χ0n) is 16.2. The van der Waals surface area contributed by atoms with Crippen molar-refractivity contribution < 1.29 is 24.5 Å². The second-order valence-corrected chi connectivity index (χ2v) is 5.48. The molecule has 2 aromatic carbocycles. The van der Waals surface area contributed by atoms with E-state index in [2.05, 4.69) is 5.32 Å². The van der Waals surface area contributed by atoms with E-state index in [9.17, 15) is 24.6 Å². The number of non-ortho nitro benzene ring substituents is 2. The van der Waals surface area contributed by atoms with Crippen LogP contribution >= 0.6 is 0 Å². The van der Waals surface area contributed by atoms with Crippen LogP contribution in [-0.2, 0) is 0 Å². The van der Waals surface area contributed by atoms with Crippen LogP contribution in [0.2, 0.25) is 0 Å². The number of halogens is 1. The molecule has 0 saturated heterocycles. The quantitative estimate of drug-likeness (QED) is 0.463. The molecule has 0 saturated carbocycles. The highest BCUT2D eigenvalue weighted by Gasteiger charge is 2.05. The number of hydrogen-bond acceptors (Lipinski definition) is 8. The molecule has 0 atom stereocenters. The molecule has 0 spiro atoms. The van der Waals surface area contributed by atoms with E-state index in [4.69, 9.17) is 10.2 Å². The standard InChI is InChI=1S/C9H12N2O3.C6H4FNO2.C3H9NO/c1-10(6-7-12)8-2-4-9(5-3-8)11(13)14;7-5-1-3-6(4-2-5)8(9)10;1-4-2-3-5/h2-5,12H,6-7H2,1H3;1-4H;4-5H,2-3H2,1H3. The first-order valence-corrected chi connectivity index (χ1v) is 8.48. The van der Waals surface area contributed by atoms with Gasteiger partial charge in [0.05, 0.1) is 23.1 Å². The predicted octanol–water partition coefficient (Wildman–Crippen LogP) is 1.96. The third-order valence-corrected chi connectivity index (χ3v) is 3.34. The van der Waals surface area contributed by atoms with Crippen molar-refractivity contribution in [1.82, 2.24) is 5.32 Å². The zero-order valence-corrected chi connectivity index (χ0v) is 16.2. The molecule has 2 rings (SSSR count). The summed E-state index contributed by atoms with van der Waals surface area (Å²) in [6.07, 6.45) is 0. The number of aliphatic hydroxyl groups excluding tert-OH is 2. The summed E-state index contributed by atoms with van der Waals surface area (Å²) in [6, 6.07) is 10.6. The van der Waals surface area contributed by atoms with Crippen LogP contribution in [0.3, 0.4) is 0 Å². The van der Waals surface area contributed by atoms with Gasteiger partial charge in [0.1, 0.15) is 5.82 Å². The molecule has 0 unspecified atom stereocenters. The van der Waals surface area contributed by atoms with Gasteiger partial charge in [0, 0.05) is 50.1 Å². The Morgan fingerprint density at radius 2 is 1.38 bits per heavy atom.